The molecule has 11 heteroatoms. The number of rotatable bonds is 0. The Morgan fingerprint density at radius 3 is 0.867 bits per heavy atom. The first kappa shape index (κ1) is 38.8. The third-order valence-electron chi connectivity index (χ3n) is 2.34. The number of methoxy groups -OCH3 is 2. The van der Waals surface area contributed by atoms with Gasteiger partial charge in [0, 0.05) is 63.3 Å². The van der Waals surface area contributed by atoms with E-state index in [1.165, 1.54) is 23.8 Å². The highest BCUT2D eigenvalue weighted by Crippen LogP contribution is 1.80. The molecule has 0 saturated carbocycles. The van der Waals surface area contributed by atoms with E-state index >= 15 is 0 Å². The number of amides is 2. The van der Waals surface area contributed by atoms with E-state index in [-0.39, 0.29) is 12.0 Å². The number of carbonyl (C=O) groups excluding carboxylic acids is 2. The lowest BCUT2D eigenvalue weighted by Crippen LogP contribution is -2.20. The Kier molecular flexibility index (Phi) is 32.8. The fourth-order valence-corrected chi connectivity index (χ4v) is 0.365. The highest BCUT2D eigenvalue weighted by molar-refractivity contribution is 7.80. The minimum absolute atomic E-state index is 0.0926. The standard InChI is InChI=1S/C4H9NO2.C4H9NOS.C4H9NO.C4H9NS.C3H9N/c1-5(2)4(6)7-3;1-5(2)4(7)6-3;2*1-4(6)5(2)3;1-4(2)3/h2*1-3H3;2*1-3H3;1-3H3. The predicted molar refractivity (Wildman–Crippen MR) is 135 cm³/mol. The molecule has 0 aromatic heterocycles. The molecule has 0 heterocycles. The second-order valence-electron chi connectivity index (χ2n) is 6.90. The van der Waals surface area contributed by atoms with Crippen molar-refractivity contribution in [2.45, 2.75) is 13.8 Å². The van der Waals surface area contributed by atoms with E-state index in [9.17, 15) is 9.59 Å². The summed E-state index contributed by atoms with van der Waals surface area (Å²) in [5, 5.41) is 0.514. The first-order valence-electron chi connectivity index (χ1n) is 8.86. The van der Waals surface area contributed by atoms with Crippen LogP contribution in [-0.2, 0) is 14.3 Å². The van der Waals surface area contributed by atoms with Crippen LogP contribution in [0.15, 0.2) is 0 Å². The zero-order chi connectivity index (χ0) is 25.6. The van der Waals surface area contributed by atoms with Crippen molar-refractivity contribution in [2.75, 3.05) is 91.7 Å². The quantitative estimate of drug-likeness (QED) is 0.493. The number of ether oxygens (including phenoxy) is 2. The molecule has 0 aliphatic heterocycles. The van der Waals surface area contributed by atoms with Crippen LogP contribution in [0, 0.1) is 0 Å². The van der Waals surface area contributed by atoms with Gasteiger partial charge in [0.25, 0.3) is 5.17 Å². The lowest BCUT2D eigenvalue weighted by atomic mass is 10.7. The fourth-order valence-electron chi connectivity index (χ4n) is 0.365. The average molecular weight is 472 g/mol. The van der Waals surface area contributed by atoms with Crippen molar-refractivity contribution in [1.29, 1.82) is 0 Å². The number of hydrogen-bond acceptors (Lipinski definition) is 7. The van der Waals surface area contributed by atoms with E-state index < -0.39 is 0 Å². The number of thiocarbonyl (C=S) groups is 2. The molecular formula is C19H45N5O4S2. The van der Waals surface area contributed by atoms with Crippen molar-refractivity contribution in [3.05, 3.63) is 0 Å². The molecule has 0 unspecified atom stereocenters. The molecule has 0 saturated heterocycles. The highest BCUT2D eigenvalue weighted by atomic mass is 32.1. The molecular weight excluding hydrogens is 426 g/mol. The van der Waals surface area contributed by atoms with Crippen molar-refractivity contribution >= 4 is 46.6 Å². The topological polar surface area (TPSA) is 68.8 Å². The Morgan fingerprint density at radius 1 is 0.600 bits per heavy atom. The molecule has 0 aromatic carbocycles. The van der Waals surface area contributed by atoms with Crippen LogP contribution >= 0.6 is 24.4 Å². The van der Waals surface area contributed by atoms with E-state index in [0.717, 1.165) is 4.99 Å². The predicted octanol–water partition coefficient (Wildman–Crippen LogP) is 1.96. The van der Waals surface area contributed by atoms with E-state index in [4.69, 9.17) is 12.2 Å². The van der Waals surface area contributed by atoms with Gasteiger partial charge in [0.1, 0.15) is 0 Å². The minimum atomic E-state index is -0.319. The summed E-state index contributed by atoms with van der Waals surface area (Å²) >= 11 is 9.43. The molecule has 0 fully saturated rings. The molecule has 2 amide bonds. The summed E-state index contributed by atoms with van der Waals surface area (Å²) in [7, 11) is 23.2. The number of nitrogens with zero attached hydrogens (tertiary/aromatic N) is 5. The summed E-state index contributed by atoms with van der Waals surface area (Å²) in [6, 6.07) is 0. The van der Waals surface area contributed by atoms with Crippen LogP contribution in [0.3, 0.4) is 0 Å². The van der Waals surface area contributed by atoms with Gasteiger partial charge in [0.15, 0.2) is 0 Å². The van der Waals surface area contributed by atoms with Gasteiger partial charge in [-0.2, -0.15) is 0 Å². The van der Waals surface area contributed by atoms with Crippen molar-refractivity contribution in [3.8, 4) is 0 Å². The molecule has 0 N–H and O–H groups in total. The van der Waals surface area contributed by atoms with Crippen LogP contribution in [0.25, 0.3) is 0 Å². The second-order valence-corrected chi connectivity index (χ2v) is 7.84. The van der Waals surface area contributed by atoms with Crippen LogP contribution < -0.4 is 0 Å². The van der Waals surface area contributed by atoms with Crippen molar-refractivity contribution in [1.82, 2.24) is 24.5 Å². The Bertz CT molecular complexity index is 417. The van der Waals surface area contributed by atoms with Gasteiger partial charge in [0.2, 0.25) is 5.91 Å². The first-order valence-corrected chi connectivity index (χ1v) is 9.67. The molecule has 0 rings (SSSR count). The zero-order valence-corrected chi connectivity index (χ0v) is 23.3. The Hall–Kier alpha value is -1.72. The normalized spacial score (nSPS) is 8.00. The molecule has 182 valence electrons. The molecule has 0 radical (unpaired) electrons. The van der Waals surface area contributed by atoms with E-state index in [1.54, 1.807) is 40.2 Å². The van der Waals surface area contributed by atoms with Crippen LogP contribution in [0.2, 0.25) is 0 Å². The van der Waals surface area contributed by atoms with Gasteiger partial charge in [-0.15, -0.1) is 0 Å². The monoisotopic (exact) mass is 471 g/mol. The maximum absolute atomic E-state index is 10.2. The molecule has 30 heavy (non-hydrogen) atoms. The largest absolute Gasteiger partial charge is 0.474 e. The van der Waals surface area contributed by atoms with Crippen LogP contribution in [0.1, 0.15) is 13.8 Å². The maximum atomic E-state index is 10.2. The zero-order valence-electron chi connectivity index (χ0n) is 21.7. The van der Waals surface area contributed by atoms with Gasteiger partial charge in [-0.1, -0.05) is 12.2 Å². The Labute approximate surface area is 195 Å². The van der Waals surface area contributed by atoms with E-state index in [1.807, 2.05) is 66.1 Å². The smallest absolute Gasteiger partial charge is 0.408 e. The van der Waals surface area contributed by atoms with E-state index in [0.29, 0.717) is 5.17 Å². The lowest BCUT2D eigenvalue weighted by molar-refractivity contribution is -0.126. The van der Waals surface area contributed by atoms with Gasteiger partial charge in [0.05, 0.1) is 19.2 Å². The number of carbonyl (C=O) groups is 2. The van der Waals surface area contributed by atoms with Gasteiger partial charge >= 0.3 is 6.09 Å². The van der Waals surface area contributed by atoms with Gasteiger partial charge < -0.3 is 34.0 Å². The van der Waals surface area contributed by atoms with Crippen LogP contribution in [0.4, 0.5) is 4.79 Å². The molecule has 0 aromatic rings. The van der Waals surface area contributed by atoms with Crippen molar-refractivity contribution < 1.29 is 19.1 Å². The maximum Gasteiger partial charge on any atom is 0.408 e. The summed E-state index contributed by atoms with van der Waals surface area (Å²) in [5.41, 5.74) is 0. The number of hydrogen-bond donors (Lipinski definition) is 0. The fraction of sp³-hybridized carbons (Fsp3) is 0.789. The van der Waals surface area contributed by atoms with Crippen molar-refractivity contribution in [3.63, 3.8) is 0 Å². The minimum Gasteiger partial charge on any atom is -0.474 e. The third kappa shape index (κ3) is 50.3. The van der Waals surface area contributed by atoms with Crippen molar-refractivity contribution in [2.24, 2.45) is 0 Å². The Balaban J connectivity index is -0.0000000878. The highest BCUT2D eigenvalue weighted by Gasteiger charge is 1.97. The van der Waals surface area contributed by atoms with Gasteiger partial charge in [-0.05, 0) is 40.3 Å². The third-order valence-corrected chi connectivity index (χ3v) is 3.24. The second kappa shape index (κ2) is 25.3. The first-order chi connectivity index (χ1) is 13.4. The van der Waals surface area contributed by atoms with Gasteiger partial charge in [-0.25, -0.2) is 4.79 Å². The van der Waals surface area contributed by atoms with Crippen LogP contribution in [-0.4, -0.2) is 138 Å². The molecule has 0 atom stereocenters. The molecule has 0 spiro atoms. The SMILES string of the molecule is CC(=O)N(C)C.CC(=S)N(C)C.CN(C)C.COC(=O)N(C)C.COC(=S)N(C)C. The van der Waals surface area contributed by atoms with E-state index in [2.05, 4.69) is 21.7 Å². The molecule has 0 bridgehead atoms. The lowest BCUT2D eigenvalue weighted by Gasteiger charge is -2.09. The summed E-state index contributed by atoms with van der Waals surface area (Å²) in [5.74, 6) is 0.0926. The summed E-state index contributed by atoms with van der Waals surface area (Å²) in [6.45, 7) is 3.43. The molecule has 9 nitrogen and oxygen atoms in total. The summed E-state index contributed by atoms with van der Waals surface area (Å²) < 4.78 is 8.97. The Morgan fingerprint density at radius 2 is 0.867 bits per heavy atom. The summed E-state index contributed by atoms with van der Waals surface area (Å²) in [4.78, 5) is 29.7. The van der Waals surface area contributed by atoms with Gasteiger partial charge in [-0.3, -0.25) is 4.79 Å². The van der Waals surface area contributed by atoms with Crippen LogP contribution in [0.5, 0.6) is 0 Å². The molecule has 0 aliphatic rings. The average Bonchev–Trinajstić information content (AvgIpc) is 2.60. The molecule has 0 aliphatic carbocycles. The summed E-state index contributed by atoms with van der Waals surface area (Å²) in [6.07, 6.45) is -0.319.